The van der Waals surface area contributed by atoms with E-state index in [-0.39, 0.29) is 33.0 Å². The van der Waals surface area contributed by atoms with Gasteiger partial charge in [-0.25, -0.2) is 5.84 Å². The molecular formula is C30H48N2O2. The van der Waals surface area contributed by atoms with Crippen molar-refractivity contribution in [3.8, 4) is 0 Å². The molecule has 3 N–H and O–H groups in total. The molecule has 0 aromatic heterocycles. The number of rotatable bonds is 2. The Morgan fingerprint density at radius 2 is 1.62 bits per heavy atom. The van der Waals surface area contributed by atoms with Crippen molar-refractivity contribution < 1.29 is 9.59 Å². The molecule has 0 spiro atoms. The number of carbonyl (C=O) groups is 2. The normalized spacial score (nSPS) is 51.5. The fourth-order valence-corrected chi connectivity index (χ4v) is 11.5. The number of nitrogens with two attached hydrogens (primary N) is 1. The minimum Gasteiger partial charge on any atom is -0.299 e. The Hall–Kier alpha value is -1.16. The molecule has 5 aliphatic carbocycles. The summed E-state index contributed by atoms with van der Waals surface area (Å²) in [5.41, 5.74) is 3.97. The molecule has 0 bridgehead atoms. The largest absolute Gasteiger partial charge is 0.299 e. The van der Waals surface area contributed by atoms with Gasteiger partial charge in [0.15, 0.2) is 0 Å². The van der Waals surface area contributed by atoms with Crippen LogP contribution in [0.5, 0.6) is 0 Å². The van der Waals surface area contributed by atoms with E-state index in [0.29, 0.717) is 35.4 Å². The van der Waals surface area contributed by atoms with Gasteiger partial charge in [-0.3, -0.25) is 15.0 Å². The fourth-order valence-electron chi connectivity index (χ4n) is 11.5. The van der Waals surface area contributed by atoms with Crippen LogP contribution in [0.15, 0.2) is 12.2 Å². The Labute approximate surface area is 207 Å². The van der Waals surface area contributed by atoms with E-state index in [1.165, 1.54) is 24.8 Å². The quantitative estimate of drug-likeness (QED) is 0.219. The van der Waals surface area contributed by atoms with Crippen LogP contribution in [0.1, 0.15) is 106 Å². The molecule has 4 nitrogen and oxygen atoms in total. The van der Waals surface area contributed by atoms with Crippen molar-refractivity contribution >= 4 is 11.7 Å². The van der Waals surface area contributed by atoms with Gasteiger partial charge in [-0.15, -0.1) is 0 Å². The maximum Gasteiger partial charge on any atom is 0.240 e. The topological polar surface area (TPSA) is 72.2 Å². The third kappa shape index (κ3) is 2.75. The van der Waals surface area contributed by atoms with E-state index in [1.807, 2.05) is 0 Å². The lowest BCUT2D eigenvalue weighted by Crippen LogP contribution is -2.67. The molecule has 3 unspecified atom stereocenters. The molecule has 0 aromatic carbocycles. The highest BCUT2D eigenvalue weighted by molar-refractivity contribution is 5.85. The molecule has 9 atom stereocenters. The first-order valence-corrected chi connectivity index (χ1v) is 14.0. The number of hydrogen-bond acceptors (Lipinski definition) is 3. The van der Waals surface area contributed by atoms with E-state index in [4.69, 9.17) is 5.84 Å². The Balaban J connectivity index is 1.57. The van der Waals surface area contributed by atoms with Gasteiger partial charge in [-0.1, -0.05) is 46.8 Å². The first-order chi connectivity index (χ1) is 15.8. The minimum absolute atomic E-state index is 0.0683. The summed E-state index contributed by atoms with van der Waals surface area (Å²) in [5.74, 6) is 8.76. The zero-order valence-corrected chi connectivity index (χ0v) is 22.6. The van der Waals surface area contributed by atoms with Gasteiger partial charge >= 0.3 is 0 Å². The molecule has 5 saturated carbocycles. The van der Waals surface area contributed by atoms with Gasteiger partial charge in [0.05, 0.1) is 5.41 Å². The van der Waals surface area contributed by atoms with Gasteiger partial charge in [-0.05, 0) is 111 Å². The van der Waals surface area contributed by atoms with E-state index >= 15 is 0 Å². The van der Waals surface area contributed by atoms with Crippen LogP contribution in [0.2, 0.25) is 0 Å². The first kappa shape index (κ1) is 24.5. The maximum atomic E-state index is 13.3. The molecule has 4 heteroatoms. The summed E-state index contributed by atoms with van der Waals surface area (Å²) in [4.78, 5) is 26.3. The number of Topliss-reactive ketones (excluding diaryl/α,β-unsaturated/α-hetero) is 1. The van der Waals surface area contributed by atoms with Crippen LogP contribution in [0.3, 0.4) is 0 Å². The molecule has 190 valence electrons. The van der Waals surface area contributed by atoms with E-state index in [9.17, 15) is 9.59 Å². The number of allylic oxidation sites excluding steroid dienone is 1. The second kappa shape index (κ2) is 7.43. The maximum absolute atomic E-state index is 13.3. The summed E-state index contributed by atoms with van der Waals surface area (Å²) in [7, 11) is 0. The first-order valence-electron chi connectivity index (χ1n) is 14.0. The standard InChI is InChI=1S/C30H48N2O2/c1-18(2)19-10-15-30(25(34)32-31)17-16-28(6)20(24(19)30)8-9-22-27(5)13-12-23(33)26(3,4)21(27)11-14-29(22,28)7/h19-22,24H,1,8-17,31H2,2-7H3,(H,32,34)/t19-,20?,21?,22+,24?,27-,28-,29+,30-/m0/s1. The van der Waals surface area contributed by atoms with Gasteiger partial charge in [0.2, 0.25) is 5.91 Å². The van der Waals surface area contributed by atoms with Gasteiger partial charge in [0.25, 0.3) is 0 Å². The average molecular weight is 469 g/mol. The van der Waals surface area contributed by atoms with Crippen molar-refractivity contribution in [3.63, 3.8) is 0 Å². The monoisotopic (exact) mass is 468 g/mol. The number of hydrazine groups is 1. The second-order valence-corrected chi connectivity index (χ2v) is 14.5. The minimum atomic E-state index is -0.327. The van der Waals surface area contributed by atoms with E-state index < -0.39 is 0 Å². The highest BCUT2D eigenvalue weighted by Gasteiger charge is 2.71. The highest BCUT2D eigenvalue weighted by Crippen LogP contribution is 2.77. The number of ketones is 1. The van der Waals surface area contributed by atoms with Gasteiger partial charge in [-0.2, -0.15) is 0 Å². The predicted molar refractivity (Wildman–Crippen MR) is 136 cm³/mol. The number of amides is 1. The molecule has 0 aromatic rings. The van der Waals surface area contributed by atoms with Crippen LogP contribution in [0.25, 0.3) is 0 Å². The van der Waals surface area contributed by atoms with E-state index in [2.05, 4.69) is 53.5 Å². The highest BCUT2D eigenvalue weighted by atomic mass is 16.2. The van der Waals surface area contributed by atoms with Crippen molar-refractivity contribution in [2.24, 2.45) is 62.5 Å². The SMILES string of the molecule is C=C(C)[C@@H]1CC[C@]2(C(=O)NN)CC[C@@]3(C)C(CC[C@@H]4[C@@]5(C)CCC(=O)C(C)(C)C5CC[C@]43C)C12. The lowest BCUT2D eigenvalue weighted by molar-refractivity contribution is -0.233. The summed E-state index contributed by atoms with van der Waals surface area (Å²) in [6.45, 7) is 18.8. The van der Waals surface area contributed by atoms with Crippen molar-refractivity contribution in [3.05, 3.63) is 12.2 Å². The molecule has 5 rings (SSSR count). The number of fused-ring (bicyclic) bond motifs is 7. The van der Waals surface area contributed by atoms with Crippen LogP contribution >= 0.6 is 0 Å². The van der Waals surface area contributed by atoms with E-state index in [1.54, 1.807) is 0 Å². The molecule has 34 heavy (non-hydrogen) atoms. The van der Waals surface area contributed by atoms with Crippen molar-refractivity contribution in [2.75, 3.05) is 0 Å². The molecule has 0 saturated heterocycles. The Kier molecular flexibility index (Phi) is 5.36. The fraction of sp³-hybridized carbons (Fsp3) is 0.867. The van der Waals surface area contributed by atoms with E-state index in [0.717, 1.165) is 44.9 Å². The number of nitrogens with one attached hydrogen (secondary N) is 1. The smallest absolute Gasteiger partial charge is 0.240 e. The molecule has 5 aliphatic rings. The molecule has 0 heterocycles. The Bertz CT molecular complexity index is 925. The van der Waals surface area contributed by atoms with Gasteiger partial charge in [0, 0.05) is 11.8 Å². The van der Waals surface area contributed by atoms with Crippen LogP contribution in [-0.2, 0) is 9.59 Å². The van der Waals surface area contributed by atoms with Gasteiger partial charge in [0.1, 0.15) is 5.78 Å². The molecule has 0 radical (unpaired) electrons. The van der Waals surface area contributed by atoms with Crippen molar-refractivity contribution in [1.29, 1.82) is 0 Å². The summed E-state index contributed by atoms with van der Waals surface area (Å²) in [6.07, 6.45) is 10.7. The number of carbonyl (C=O) groups excluding carboxylic acids is 2. The average Bonchev–Trinajstić information content (AvgIpc) is 3.18. The number of hydrogen-bond donors (Lipinski definition) is 2. The van der Waals surface area contributed by atoms with Crippen LogP contribution in [-0.4, -0.2) is 11.7 Å². The molecular weight excluding hydrogens is 420 g/mol. The van der Waals surface area contributed by atoms with Crippen molar-refractivity contribution in [2.45, 2.75) is 106 Å². The summed E-state index contributed by atoms with van der Waals surface area (Å²) < 4.78 is 0. The summed E-state index contributed by atoms with van der Waals surface area (Å²) in [6, 6.07) is 0. The molecule has 1 amide bonds. The van der Waals surface area contributed by atoms with Crippen LogP contribution < -0.4 is 11.3 Å². The zero-order valence-electron chi connectivity index (χ0n) is 22.6. The van der Waals surface area contributed by atoms with Gasteiger partial charge < -0.3 is 0 Å². The zero-order chi connectivity index (χ0) is 24.9. The van der Waals surface area contributed by atoms with Crippen LogP contribution in [0.4, 0.5) is 0 Å². The predicted octanol–water partition coefficient (Wildman–Crippen LogP) is 6.20. The van der Waals surface area contributed by atoms with Crippen molar-refractivity contribution in [1.82, 2.24) is 5.43 Å². The lowest BCUT2D eigenvalue weighted by Gasteiger charge is -2.72. The van der Waals surface area contributed by atoms with Crippen LogP contribution in [0, 0.1) is 56.7 Å². The Morgan fingerprint density at radius 1 is 0.912 bits per heavy atom. The molecule has 0 aliphatic heterocycles. The third-order valence-corrected chi connectivity index (χ3v) is 13.4. The lowest BCUT2D eigenvalue weighted by atomic mass is 9.32. The Morgan fingerprint density at radius 3 is 2.26 bits per heavy atom. The molecule has 5 fully saturated rings. The second-order valence-electron chi connectivity index (χ2n) is 14.5. The third-order valence-electron chi connectivity index (χ3n) is 13.4. The summed E-state index contributed by atoms with van der Waals surface area (Å²) in [5, 5.41) is 0. The summed E-state index contributed by atoms with van der Waals surface area (Å²) >= 11 is 0.